The van der Waals surface area contributed by atoms with Gasteiger partial charge >= 0.3 is 12.1 Å². The van der Waals surface area contributed by atoms with E-state index in [4.69, 9.17) is 18.9 Å². The highest BCUT2D eigenvalue weighted by Crippen LogP contribution is 2.47. The molecule has 0 saturated heterocycles. The molecule has 11 nitrogen and oxygen atoms in total. The summed E-state index contributed by atoms with van der Waals surface area (Å²) in [7, 11) is 3.24. The van der Waals surface area contributed by atoms with Crippen molar-refractivity contribution < 1.29 is 43.2 Å². The molecule has 4 aromatic carbocycles. The van der Waals surface area contributed by atoms with Crippen molar-refractivity contribution in [1.29, 1.82) is 0 Å². The predicted octanol–water partition coefficient (Wildman–Crippen LogP) is 6.68. The van der Waals surface area contributed by atoms with Crippen molar-refractivity contribution in [3.05, 3.63) is 130 Å². The van der Waals surface area contributed by atoms with Gasteiger partial charge in [-0.2, -0.15) is 0 Å². The fourth-order valence-electron chi connectivity index (χ4n) is 6.29. The number of unbranched alkanes of at least 4 members (excludes halogenated alkanes) is 3. The Morgan fingerprint density at radius 1 is 0.725 bits per heavy atom. The van der Waals surface area contributed by atoms with Crippen LogP contribution in [-0.4, -0.2) is 74.4 Å². The Kier molecular flexibility index (Phi) is 12.4. The molecule has 3 amide bonds. The van der Waals surface area contributed by atoms with Crippen LogP contribution in [0.25, 0.3) is 0 Å². The first-order valence-corrected chi connectivity index (χ1v) is 16.9. The molecule has 51 heavy (non-hydrogen) atoms. The zero-order valence-electron chi connectivity index (χ0n) is 28.8. The number of aromatic carboxylic acids is 1. The summed E-state index contributed by atoms with van der Waals surface area (Å²) in [6.07, 6.45) is 2.87. The van der Waals surface area contributed by atoms with Crippen molar-refractivity contribution in [2.45, 2.75) is 37.7 Å². The number of carboxylic acid groups (broad SMARTS) is 1. The van der Waals surface area contributed by atoms with E-state index in [1.54, 1.807) is 14.2 Å². The highest BCUT2D eigenvalue weighted by Gasteiger charge is 2.41. The highest BCUT2D eigenvalue weighted by molar-refractivity contribution is 6.21. The molecule has 0 radical (unpaired) electrons. The average molecular weight is 695 g/mol. The van der Waals surface area contributed by atoms with Crippen LogP contribution in [0, 0.1) is 0 Å². The summed E-state index contributed by atoms with van der Waals surface area (Å²) in [5.41, 5.74) is 1.97. The number of para-hydroxylation sites is 1. The van der Waals surface area contributed by atoms with Crippen LogP contribution in [0.1, 0.15) is 79.9 Å². The molecule has 0 aliphatic carbocycles. The van der Waals surface area contributed by atoms with E-state index in [0.717, 1.165) is 40.9 Å². The maximum Gasteiger partial charge on any atom is 0.407 e. The van der Waals surface area contributed by atoms with E-state index in [9.17, 15) is 24.3 Å². The number of carbonyl (C=O) groups excluding carboxylic acids is 3. The van der Waals surface area contributed by atoms with Gasteiger partial charge in [-0.3, -0.25) is 14.5 Å². The molecule has 4 aromatic rings. The van der Waals surface area contributed by atoms with Crippen molar-refractivity contribution in [3.8, 4) is 11.5 Å². The van der Waals surface area contributed by atoms with Crippen molar-refractivity contribution in [2.24, 2.45) is 0 Å². The summed E-state index contributed by atoms with van der Waals surface area (Å²) in [6.45, 7) is 0.986. The topological polar surface area (TPSA) is 141 Å². The first-order valence-electron chi connectivity index (χ1n) is 16.9. The van der Waals surface area contributed by atoms with Gasteiger partial charge in [0.05, 0.1) is 37.5 Å². The first kappa shape index (κ1) is 36.6. The molecular formula is C40H42N2O9. The Balaban J connectivity index is 1.08. The number of imide groups is 1. The Hall–Kier alpha value is -5.68. The van der Waals surface area contributed by atoms with Gasteiger partial charge < -0.3 is 29.4 Å². The Bertz CT molecular complexity index is 1790. The third-order valence-corrected chi connectivity index (χ3v) is 8.78. The number of nitrogens with one attached hydrogen (secondary N) is 1. The van der Waals surface area contributed by atoms with Gasteiger partial charge in [-0.05, 0) is 61.1 Å². The summed E-state index contributed by atoms with van der Waals surface area (Å²) in [6, 6.07) is 29.8. The van der Waals surface area contributed by atoms with E-state index < -0.39 is 29.5 Å². The number of ether oxygens (including phenoxy) is 4. The van der Waals surface area contributed by atoms with Crippen molar-refractivity contribution in [1.82, 2.24) is 10.2 Å². The molecular weight excluding hydrogens is 652 g/mol. The summed E-state index contributed by atoms with van der Waals surface area (Å²) in [5, 5.41) is 11.8. The number of fused-ring (bicyclic) bond motifs is 1. The molecule has 0 saturated carbocycles. The number of methoxy groups -OCH3 is 2. The van der Waals surface area contributed by atoms with Gasteiger partial charge in [-0.15, -0.1) is 0 Å². The molecule has 0 aromatic heterocycles. The van der Waals surface area contributed by atoms with Gasteiger partial charge in [-0.25, -0.2) is 9.59 Å². The minimum Gasteiger partial charge on any atom is -0.493 e. The number of alkyl carbamates (subject to hydrolysis) is 1. The lowest BCUT2D eigenvalue weighted by Crippen LogP contribution is -2.34. The molecule has 266 valence electrons. The third kappa shape index (κ3) is 8.21. The monoisotopic (exact) mass is 694 g/mol. The van der Waals surface area contributed by atoms with Crippen LogP contribution < -0.4 is 14.8 Å². The quantitative estimate of drug-likeness (QED) is 0.0663. The number of carboxylic acids is 1. The maximum absolute atomic E-state index is 12.7. The molecule has 1 heterocycles. The van der Waals surface area contributed by atoms with E-state index in [1.165, 1.54) is 18.2 Å². The van der Waals surface area contributed by atoms with Crippen LogP contribution in [0.5, 0.6) is 11.5 Å². The lowest BCUT2D eigenvalue weighted by atomic mass is 9.79. The van der Waals surface area contributed by atoms with Crippen LogP contribution in [0.2, 0.25) is 0 Å². The molecule has 11 heteroatoms. The molecule has 5 rings (SSSR count). The number of amides is 3. The highest BCUT2D eigenvalue weighted by atomic mass is 16.5. The summed E-state index contributed by atoms with van der Waals surface area (Å²) < 4.78 is 23.8. The normalized spacial score (nSPS) is 12.4. The number of nitrogens with zero attached hydrogens (tertiary/aromatic N) is 1. The molecule has 0 unspecified atom stereocenters. The van der Waals surface area contributed by atoms with E-state index >= 15 is 0 Å². The Morgan fingerprint density at radius 3 is 2.00 bits per heavy atom. The molecule has 2 N–H and O–H groups in total. The second-order valence-electron chi connectivity index (χ2n) is 12.0. The SMILES string of the molecule is COc1cccc(C(OCCCCCCOC(=O)NCCCN2C(=O)c3ccc(C(=O)O)cc3C2=O)(c2ccccc2)c2ccccc2)c1OC. The maximum atomic E-state index is 12.7. The number of hydrogen-bond acceptors (Lipinski definition) is 8. The number of hydrogen-bond donors (Lipinski definition) is 2. The van der Waals surface area contributed by atoms with E-state index in [2.05, 4.69) is 29.6 Å². The van der Waals surface area contributed by atoms with Crippen LogP contribution >= 0.6 is 0 Å². The lowest BCUT2D eigenvalue weighted by molar-refractivity contribution is 0.00874. The van der Waals surface area contributed by atoms with E-state index in [-0.39, 0.29) is 36.4 Å². The van der Waals surface area contributed by atoms with Gasteiger partial charge in [0.1, 0.15) is 5.60 Å². The van der Waals surface area contributed by atoms with Crippen molar-refractivity contribution in [3.63, 3.8) is 0 Å². The van der Waals surface area contributed by atoms with Crippen molar-refractivity contribution >= 4 is 23.9 Å². The Labute approximate surface area is 297 Å². The molecule has 0 fully saturated rings. The molecule has 0 bridgehead atoms. The minimum atomic E-state index is -1.18. The summed E-state index contributed by atoms with van der Waals surface area (Å²) in [5.74, 6) is -0.992. The van der Waals surface area contributed by atoms with Gasteiger partial charge in [0.15, 0.2) is 11.5 Å². The molecule has 0 atom stereocenters. The van der Waals surface area contributed by atoms with Gasteiger partial charge in [0.25, 0.3) is 11.8 Å². The summed E-state index contributed by atoms with van der Waals surface area (Å²) >= 11 is 0. The van der Waals surface area contributed by atoms with Gasteiger partial charge in [0, 0.05) is 25.3 Å². The van der Waals surface area contributed by atoms with Gasteiger partial charge in [0.2, 0.25) is 0 Å². The largest absolute Gasteiger partial charge is 0.493 e. The van der Waals surface area contributed by atoms with Crippen LogP contribution in [0.3, 0.4) is 0 Å². The van der Waals surface area contributed by atoms with Crippen molar-refractivity contribution in [2.75, 3.05) is 40.5 Å². The second-order valence-corrected chi connectivity index (χ2v) is 12.0. The van der Waals surface area contributed by atoms with Crippen LogP contribution in [0.15, 0.2) is 97.1 Å². The number of carbonyl (C=O) groups is 4. The van der Waals surface area contributed by atoms with Crippen LogP contribution in [0.4, 0.5) is 4.79 Å². The zero-order chi connectivity index (χ0) is 36.2. The Morgan fingerprint density at radius 2 is 1.37 bits per heavy atom. The average Bonchev–Trinajstić information content (AvgIpc) is 3.40. The first-order chi connectivity index (χ1) is 24.8. The predicted molar refractivity (Wildman–Crippen MR) is 189 cm³/mol. The lowest BCUT2D eigenvalue weighted by Gasteiger charge is -2.37. The standard InChI is InChI=1S/C40H42N2O9/c1-48-34-20-13-19-33(35(34)49-2)40(29-15-7-5-8-16-29,30-17-9-6-10-18-30)51-26-12-4-3-11-25-50-39(47)41-23-14-24-42-36(43)31-22-21-28(38(45)46)27-32(31)37(42)44/h5-10,13,15-22,27H,3-4,11-12,14,23-26H2,1-2H3,(H,41,47)(H,45,46). The second kappa shape index (κ2) is 17.3. The molecule has 0 spiro atoms. The third-order valence-electron chi connectivity index (χ3n) is 8.78. The molecule has 1 aliphatic heterocycles. The summed E-state index contributed by atoms with van der Waals surface area (Å²) in [4.78, 5) is 49.8. The van der Waals surface area contributed by atoms with Crippen LogP contribution in [-0.2, 0) is 15.1 Å². The fraction of sp³-hybridized carbons (Fsp3) is 0.300. The fourth-order valence-corrected chi connectivity index (χ4v) is 6.29. The smallest absolute Gasteiger partial charge is 0.407 e. The van der Waals surface area contributed by atoms with E-state index in [0.29, 0.717) is 30.9 Å². The minimum absolute atomic E-state index is 0.0619. The molecule has 1 aliphatic rings. The van der Waals surface area contributed by atoms with Gasteiger partial charge in [-0.1, -0.05) is 79.2 Å². The number of rotatable bonds is 18. The number of benzene rings is 4. The van der Waals surface area contributed by atoms with E-state index in [1.807, 2.05) is 54.6 Å². The zero-order valence-corrected chi connectivity index (χ0v) is 28.8.